The van der Waals surface area contributed by atoms with Gasteiger partial charge < -0.3 is 48.7 Å². The Hall–Kier alpha value is -14.0. The van der Waals surface area contributed by atoms with E-state index in [2.05, 4.69) is 62.3 Å². The van der Waals surface area contributed by atoms with Crippen LogP contribution in [0.25, 0.3) is 78.3 Å². The summed E-state index contributed by atoms with van der Waals surface area (Å²) in [5.41, 5.74) is 15.1. The largest absolute Gasteiger partial charge is 0.569 e. The van der Waals surface area contributed by atoms with E-state index in [0.29, 0.717) is 82.0 Å². The SMILES string of the molecule is CCOC(=O)c1nnn(Cc2ccc(OC)cc2)c1-c1ccc(-c2ccc(Cl)cc2)cc1.CCOC(=O)c1nnn(Cc2ccc(OC)cc2)c1Br.COc1ccc(Cn2nnc(C(=O)O)c2-c2ccc(-c3ccc(Cl)cc3)cc2)cc1.O=C(O)C(F)(F)F.O=C(O)c1n[nH]nc1-c1ccc(-c2ccc(Cl)cc2)cc1.O[B]Oc1ccc(-c2ccc(Cl)cc2)cc1. The highest BCUT2D eigenvalue weighted by Crippen LogP contribution is 2.34. The lowest BCUT2D eigenvalue weighted by molar-refractivity contribution is -0.192. The number of nitrogens with one attached hydrogen (secondary N) is 1. The molecule has 4 heterocycles. The third kappa shape index (κ3) is 26.5. The quantitative estimate of drug-likeness (QED) is 0.0277. The molecule has 5 N–H and O–H groups in total. The van der Waals surface area contributed by atoms with E-state index >= 15 is 0 Å². The Morgan fingerprint density at radius 3 is 0.968 bits per heavy atom. The van der Waals surface area contributed by atoms with Crippen molar-refractivity contribution in [2.75, 3.05) is 34.5 Å². The minimum absolute atomic E-state index is 0.0808. The van der Waals surface area contributed by atoms with Gasteiger partial charge in [-0.15, -0.1) is 20.4 Å². The smallest absolute Gasteiger partial charge is 0.537 e. The van der Waals surface area contributed by atoms with Crippen LogP contribution in [0.2, 0.25) is 20.1 Å². The number of halogens is 8. The number of rotatable bonds is 24. The fraction of sp³-hybridized carbons (Fsp3) is 0.122. The van der Waals surface area contributed by atoms with Crippen molar-refractivity contribution < 1.29 is 85.8 Å². The number of aromatic nitrogens is 12. The number of benzene rings is 11. The van der Waals surface area contributed by atoms with Crippen molar-refractivity contribution in [3.8, 4) is 101 Å². The van der Waals surface area contributed by atoms with Crippen molar-refractivity contribution in [1.82, 2.24) is 60.4 Å². The number of aliphatic carboxylic acids is 1. The lowest BCUT2D eigenvalue weighted by Crippen LogP contribution is -2.21. The van der Waals surface area contributed by atoms with Gasteiger partial charge in [0.15, 0.2) is 17.1 Å². The fourth-order valence-electron chi connectivity index (χ4n) is 11.7. The number of alkyl halides is 3. The monoisotopic (exact) mass is 1850 g/mol. The van der Waals surface area contributed by atoms with Gasteiger partial charge in [-0.25, -0.2) is 38.0 Å². The van der Waals surface area contributed by atoms with Gasteiger partial charge in [0.25, 0.3) is 0 Å². The van der Waals surface area contributed by atoms with Crippen molar-refractivity contribution in [1.29, 1.82) is 0 Å². The van der Waals surface area contributed by atoms with Crippen molar-refractivity contribution in [3.63, 3.8) is 0 Å². The maximum Gasteiger partial charge on any atom is 0.569 e. The molecule has 126 heavy (non-hydrogen) atoms. The van der Waals surface area contributed by atoms with Crippen LogP contribution in [0, 0.1) is 0 Å². The topological polar surface area (TPSA) is 355 Å². The molecule has 0 spiro atoms. The molecule has 0 fully saturated rings. The van der Waals surface area contributed by atoms with Crippen LogP contribution in [-0.2, 0) is 33.9 Å². The van der Waals surface area contributed by atoms with E-state index < -0.39 is 36.0 Å². The molecule has 0 aliphatic carbocycles. The van der Waals surface area contributed by atoms with Crippen LogP contribution in [0.1, 0.15) is 72.5 Å². The lowest BCUT2D eigenvalue weighted by Gasteiger charge is -2.10. The van der Waals surface area contributed by atoms with E-state index in [9.17, 15) is 37.5 Å². The zero-order chi connectivity index (χ0) is 90.4. The first-order valence-corrected chi connectivity index (χ1v) is 39.9. The molecule has 0 amide bonds. The number of ether oxygens (including phenoxy) is 5. The minimum Gasteiger partial charge on any atom is -0.537 e. The van der Waals surface area contributed by atoms with Gasteiger partial charge in [-0.3, -0.25) is 0 Å². The van der Waals surface area contributed by atoms with Gasteiger partial charge >= 0.3 is 43.7 Å². The molecule has 4 aromatic heterocycles. The maximum absolute atomic E-state index is 12.5. The number of carboxylic acid groups (broad SMARTS) is 3. The first-order chi connectivity index (χ1) is 60.7. The molecule has 27 nitrogen and oxygen atoms in total. The van der Waals surface area contributed by atoms with Crippen molar-refractivity contribution in [2.45, 2.75) is 39.7 Å². The highest BCUT2D eigenvalue weighted by atomic mass is 79.9. The number of hydrogen-bond donors (Lipinski definition) is 5. The minimum atomic E-state index is -5.08. The summed E-state index contributed by atoms with van der Waals surface area (Å²) in [5.74, 6) is -3.05. The van der Waals surface area contributed by atoms with Crippen LogP contribution in [0.15, 0.2) is 272 Å². The van der Waals surface area contributed by atoms with E-state index in [1.165, 1.54) is 0 Å². The predicted molar refractivity (Wildman–Crippen MR) is 473 cm³/mol. The lowest BCUT2D eigenvalue weighted by atomic mass is 10.0. The number of nitrogens with zero attached hydrogens (tertiary/aromatic N) is 11. The van der Waals surface area contributed by atoms with Gasteiger partial charge in [0.05, 0.1) is 54.2 Å². The third-order valence-electron chi connectivity index (χ3n) is 18.0. The summed E-state index contributed by atoms with van der Waals surface area (Å²) in [4.78, 5) is 55.8. The summed E-state index contributed by atoms with van der Waals surface area (Å²) >= 11 is 27.0. The fourth-order valence-corrected chi connectivity index (χ4v) is 12.7. The third-order valence-corrected chi connectivity index (χ3v) is 19.8. The molecule has 0 aliphatic rings. The molecule has 0 saturated carbocycles. The van der Waals surface area contributed by atoms with Crippen LogP contribution >= 0.6 is 62.3 Å². The van der Waals surface area contributed by atoms with Crippen LogP contribution in [0.5, 0.6) is 23.0 Å². The number of H-pyrrole nitrogens is 1. The Labute approximate surface area is 747 Å². The second kappa shape index (κ2) is 45.9. The summed E-state index contributed by atoms with van der Waals surface area (Å²) in [7, 11) is 5.52. The predicted octanol–water partition coefficient (Wildman–Crippen LogP) is 19.8. The molecule has 15 aromatic rings. The van der Waals surface area contributed by atoms with Gasteiger partial charge in [-0.05, 0) is 188 Å². The van der Waals surface area contributed by atoms with Crippen LogP contribution < -0.4 is 18.9 Å². The molecule has 15 rings (SSSR count). The summed E-state index contributed by atoms with van der Waals surface area (Å²) in [6.45, 7) is 5.41. The zero-order valence-electron chi connectivity index (χ0n) is 67.2. The zero-order valence-corrected chi connectivity index (χ0v) is 71.8. The molecule has 36 heteroatoms. The number of aromatic amines is 1. The summed E-state index contributed by atoms with van der Waals surface area (Å²) in [5, 5.41) is 71.0. The van der Waals surface area contributed by atoms with Gasteiger partial charge in [-0.1, -0.05) is 232 Å². The van der Waals surface area contributed by atoms with Gasteiger partial charge in [0.1, 0.15) is 44.7 Å². The molecular formula is C90H74BBrCl4F3N12O15. The molecule has 1 radical (unpaired) electrons. The number of carbonyl (C=O) groups is 5. The number of aromatic carboxylic acids is 2. The summed E-state index contributed by atoms with van der Waals surface area (Å²) in [6, 6.07) is 83.5. The van der Waals surface area contributed by atoms with Crippen LogP contribution in [0.4, 0.5) is 13.2 Å². The highest BCUT2D eigenvalue weighted by Gasteiger charge is 2.38. The Kier molecular flexibility index (Phi) is 34.3. The van der Waals surface area contributed by atoms with E-state index in [-0.39, 0.29) is 29.4 Å². The summed E-state index contributed by atoms with van der Waals surface area (Å²) in [6.07, 6.45) is -5.08. The number of hydrogen-bond acceptors (Lipinski definition) is 20. The van der Waals surface area contributed by atoms with Crippen molar-refractivity contribution in [3.05, 3.63) is 331 Å². The van der Waals surface area contributed by atoms with Crippen LogP contribution in [-0.4, -0.2) is 159 Å². The Bertz CT molecular complexity index is 6090. The van der Waals surface area contributed by atoms with Crippen LogP contribution in [0.3, 0.4) is 0 Å². The van der Waals surface area contributed by atoms with E-state index in [1.807, 2.05) is 255 Å². The summed E-state index contributed by atoms with van der Waals surface area (Å²) < 4.78 is 67.6. The Morgan fingerprint density at radius 1 is 0.381 bits per heavy atom. The number of methoxy groups -OCH3 is 3. The average Bonchev–Trinajstić information content (AvgIpc) is 1.63. The van der Waals surface area contributed by atoms with E-state index in [4.69, 9.17) is 94.8 Å². The van der Waals surface area contributed by atoms with Crippen molar-refractivity contribution in [2.24, 2.45) is 0 Å². The molecule has 0 bridgehead atoms. The maximum atomic E-state index is 12.5. The van der Waals surface area contributed by atoms with E-state index in [1.54, 1.807) is 61.4 Å². The molecule has 0 aliphatic heterocycles. The average molecular weight is 1850 g/mol. The van der Waals surface area contributed by atoms with E-state index in [0.717, 1.165) is 94.6 Å². The Morgan fingerprint density at radius 2 is 0.651 bits per heavy atom. The molecule has 0 unspecified atom stereocenters. The van der Waals surface area contributed by atoms with Crippen molar-refractivity contribution >= 4 is 99.9 Å². The first-order valence-electron chi connectivity index (χ1n) is 37.6. The Balaban J connectivity index is 0.000000164. The number of esters is 2. The molecule has 643 valence electrons. The van der Waals surface area contributed by atoms with Gasteiger partial charge in [0, 0.05) is 36.8 Å². The standard InChI is InChI=1S/C25H22ClN3O3.C23H18ClN3O3.C15H10ClN3O2.C13H14BrN3O3.C12H9BClO2.C2HF3O2/c1-3-32-25(30)23-24(29(28-27-23)16-17-4-14-22(31-2)15-5-17)20-8-6-18(7-9-20)19-10-12-21(26)13-11-19;1-30-20-12-2-15(3-13-20)14-27-22(21(23(28)29)25-26-27)18-6-4-16(5-7-18)17-8-10-19(24)11-9-17;16-12-7-5-10(6-8-12)9-1-3-11(4-2-9)13-14(15(20)21)18-19-17-13;1-3-20-13(18)11-12(14)17(16-15-11)8-9-4-6-10(19-2)7-5-9;14-11-5-1-9(2-6-11)10-3-7-12(8-4-10)16-13-15;3-2(4,5)1(6)7/h4-15H,3,16H2,1-2H3;2-13H,14H2,1H3,(H,28,29);1-8H,(H,20,21)(H,17,18,19);4-7H,3,8H2,1-2H3;1-8,15H;(H,6,7). The molecule has 0 atom stereocenters. The molecular weight excluding hydrogens is 1780 g/mol. The van der Waals surface area contributed by atoms with Gasteiger partial charge in [0.2, 0.25) is 5.69 Å². The highest BCUT2D eigenvalue weighted by molar-refractivity contribution is 9.10. The molecule has 0 saturated heterocycles. The number of carboxylic acids is 3. The molecule has 11 aromatic carbocycles. The van der Waals surface area contributed by atoms with Gasteiger partial charge in [-0.2, -0.15) is 23.5 Å². The first kappa shape index (κ1) is 94.2. The second-order valence-corrected chi connectivity index (χ2v) is 28.7. The normalized spacial score (nSPS) is 10.6. The second-order valence-electron chi connectivity index (χ2n) is 26.2. The number of carbonyl (C=O) groups excluding carboxylic acids is 2.